The second-order valence-corrected chi connectivity index (χ2v) is 11.9. The fraction of sp³-hybridized carbons (Fsp3) is 0.533. The molecule has 3 aliphatic rings. The van der Waals surface area contributed by atoms with Crippen LogP contribution in [0.1, 0.15) is 61.6 Å². The van der Waals surface area contributed by atoms with Crippen molar-refractivity contribution in [2.24, 2.45) is 0 Å². The lowest BCUT2D eigenvalue weighted by atomic mass is 9.86. The number of β-amino-alcohol motifs (C(OH)–C–C–N with tert-alkyl or cyclic N) is 1. The predicted octanol–water partition coefficient (Wildman–Crippen LogP) is 2.39. The number of carbonyl (C=O) groups is 2. The van der Waals surface area contributed by atoms with Gasteiger partial charge in [0.05, 0.1) is 24.9 Å². The summed E-state index contributed by atoms with van der Waals surface area (Å²) in [7, 11) is 0. The molecule has 3 N–H and O–H groups in total. The summed E-state index contributed by atoms with van der Waals surface area (Å²) in [6, 6.07) is 12.3. The molecule has 6 rings (SSSR count). The normalized spacial score (nSPS) is 22.5. The smallest absolute Gasteiger partial charge is 0.318 e. The third kappa shape index (κ3) is 5.87. The molecule has 3 saturated heterocycles. The number of urea groups is 1. The number of ether oxygens (including phenoxy) is 1. The van der Waals surface area contributed by atoms with E-state index >= 15 is 0 Å². The number of amides is 3. The highest BCUT2D eigenvalue weighted by atomic mass is 16.5. The maximum Gasteiger partial charge on any atom is 0.318 e. The molecule has 11 nitrogen and oxygen atoms in total. The van der Waals surface area contributed by atoms with Gasteiger partial charge in [-0.2, -0.15) is 0 Å². The van der Waals surface area contributed by atoms with Crippen LogP contribution in [-0.2, 0) is 4.79 Å². The molecule has 2 aromatic heterocycles. The number of aliphatic hydroxyl groups is 1. The fourth-order valence-electron chi connectivity index (χ4n) is 6.35. The van der Waals surface area contributed by atoms with Gasteiger partial charge >= 0.3 is 6.03 Å². The Hall–Kier alpha value is -3.70. The van der Waals surface area contributed by atoms with Crippen LogP contribution in [0.25, 0.3) is 5.65 Å². The SMILES string of the molecule is Cc1cc(OC[C@H](C)c2ccccc2)cn2nc(C(O)CN3CC4(CCN(C5CCNC(=O)C5)CC4)NC3=O)nc12. The van der Waals surface area contributed by atoms with E-state index in [1.165, 1.54) is 5.56 Å². The van der Waals surface area contributed by atoms with Crippen LogP contribution in [0, 0.1) is 6.92 Å². The highest BCUT2D eigenvalue weighted by Crippen LogP contribution is 2.31. The molecule has 1 aromatic carbocycles. The lowest BCUT2D eigenvalue weighted by Crippen LogP contribution is -2.56. The first-order chi connectivity index (χ1) is 19.8. The van der Waals surface area contributed by atoms with E-state index in [0.29, 0.717) is 31.0 Å². The summed E-state index contributed by atoms with van der Waals surface area (Å²) < 4.78 is 7.72. The highest BCUT2D eigenvalue weighted by molar-refractivity contribution is 5.78. The summed E-state index contributed by atoms with van der Waals surface area (Å²) in [5.74, 6) is 1.32. The van der Waals surface area contributed by atoms with Gasteiger partial charge in [0.25, 0.3) is 0 Å². The Morgan fingerprint density at radius 3 is 2.73 bits per heavy atom. The zero-order chi connectivity index (χ0) is 28.6. The van der Waals surface area contributed by atoms with E-state index in [1.807, 2.05) is 31.2 Å². The molecule has 0 radical (unpaired) electrons. The first-order valence-corrected chi connectivity index (χ1v) is 14.6. The van der Waals surface area contributed by atoms with Crippen LogP contribution < -0.4 is 15.4 Å². The number of aromatic nitrogens is 3. The van der Waals surface area contributed by atoms with E-state index in [-0.39, 0.29) is 41.8 Å². The molecule has 3 aromatic rings. The second kappa shape index (κ2) is 11.3. The van der Waals surface area contributed by atoms with Gasteiger partial charge in [-0.1, -0.05) is 37.3 Å². The van der Waals surface area contributed by atoms with E-state index in [1.54, 1.807) is 15.6 Å². The Balaban J connectivity index is 1.06. The molecule has 0 bridgehead atoms. The minimum absolute atomic E-state index is 0.119. The Morgan fingerprint density at radius 2 is 1.98 bits per heavy atom. The van der Waals surface area contributed by atoms with Crippen LogP contribution in [-0.4, -0.2) is 92.4 Å². The Kier molecular flexibility index (Phi) is 7.56. The van der Waals surface area contributed by atoms with Gasteiger partial charge in [-0.05, 0) is 43.4 Å². The fourth-order valence-corrected chi connectivity index (χ4v) is 6.35. The van der Waals surface area contributed by atoms with Crippen molar-refractivity contribution in [3.8, 4) is 5.75 Å². The topological polar surface area (TPSA) is 124 Å². The number of nitrogens with one attached hydrogen (secondary N) is 2. The number of benzene rings is 1. The zero-order valence-corrected chi connectivity index (χ0v) is 23.8. The maximum atomic E-state index is 12.9. The number of hydrogen-bond donors (Lipinski definition) is 3. The lowest BCUT2D eigenvalue weighted by Gasteiger charge is -2.43. The van der Waals surface area contributed by atoms with Gasteiger partial charge in [-0.25, -0.2) is 14.3 Å². The van der Waals surface area contributed by atoms with Crippen molar-refractivity contribution in [1.82, 2.24) is 35.0 Å². The Labute approximate surface area is 239 Å². The van der Waals surface area contributed by atoms with Crippen molar-refractivity contribution in [2.75, 3.05) is 39.3 Å². The van der Waals surface area contributed by atoms with Crippen molar-refractivity contribution >= 4 is 17.6 Å². The van der Waals surface area contributed by atoms with E-state index < -0.39 is 6.10 Å². The van der Waals surface area contributed by atoms with Gasteiger partial charge in [0.2, 0.25) is 5.91 Å². The van der Waals surface area contributed by atoms with Crippen LogP contribution in [0.5, 0.6) is 5.75 Å². The van der Waals surface area contributed by atoms with Crippen molar-refractivity contribution in [3.63, 3.8) is 0 Å². The van der Waals surface area contributed by atoms with E-state index in [9.17, 15) is 14.7 Å². The summed E-state index contributed by atoms with van der Waals surface area (Å²) in [4.78, 5) is 33.4. The molecule has 218 valence electrons. The number of likely N-dealkylation sites (tertiary alicyclic amines) is 1. The number of rotatable bonds is 8. The molecular formula is C30H39N7O4. The lowest BCUT2D eigenvalue weighted by molar-refractivity contribution is -0.124. The third-order valence-electron chi connectivity index (χ3n) is 8.81. The molecule has 0 aliphatic carbocycles. The summed E-state index contributed by atoms with van der Waals surface area (Å²) in [6.07, 6.45) is 3.92. The third-order valence-corrected chi connectivity index (χ3v) is 8.81. The average Bonchev–Trinajstić information content (AvgIpc) is 3.54. The van der Waals surface area contributed by atoms with Gasteiger partial charge in [0, 0.05) is 44.6 Å². The van der Waals surface area contributed by atoms with Gasteiger partial charge < -0.3 is 25.4 Å². The average molecular weight is 562 g/mol. The largest absolute Gasteiger partial charge is 0.491 e. The number of hydrogen-bond acceptors (Lipinski definition) is 7. The first kappa shape index (κ1) is 27.5. The van der Waals surface area contributed by atoms with Crippen molar-refractivity contribution in [3.05, 3.63) is 59.5 Å². The molecular weight excluding hydrogens is 522 g/mol. The molecule has 3 fully saturated rings. The van der Waals surface area contributed by atoms with Gasteiger partial charge in [0.15, 0.2) is 11.5 Å². The second-order valence-electron chi connectivity index (χ2n) is 11.9. The van der Waals surface area contributed by atoms with Crippen LogP contribution in [0.3, 0.4) is 0 Å². The summed E-state index contributed by atoms with van der Waals surface area (Å²) >= 11 is 0. The summed E-state index contributed by atoms with van der Waals surface area (Å²) in [5.41, 5.74) is 2.44. The first-order valence-electron chi connectivity index (χ1n) is 14.6. The minimum Gasteiger partial charge on any atom is -0.491 e. The van der Waals surface area contributed by atoms with Crippen molar-refractivity contribution in [1.29, 1.82) is 0 Å². The van der Waals surface area contributed by atoms with Crippen LogP contribution >= 0.6 is 0 Å². The number of pyridine rings is 1. The van der Waals surface area contributed by atoms with Gasteiger partial charge in [-0.3, -0.25) is 9.69 Å². The summed E-state index contributed by atoms with van der Waals surface area (Å²) in [6.45, 7) is 7.66. The van der Waals surface area contributed by atoms with E-state index in [0.717, 1.165) is 44.5 Å². The molecule has 11 heteroatoms. The molecule has 41 heavy (non-hydrogen) atoms. The summed E-state index contributed by atoms with van der Waals surface area (Å²) in [5, 5.41) is 21.7. The van der Waals surface area contributed by atoms with Crippen LogP contribution in [0.4, 0.5) is 4.79 Å². The number of piperidine rings is 2. The maximum absolute atomic E-state index is 12.9. The number of aryl methyl sites for hydroxylation is 1. The van der Waals surface area contributed by atoms with Gasteiger partial charge in [-0.15, -0.1) is 5.10 Å². The molecule has 2 unspecified atom stereocenters. The van der Waals surface area contributed by atoms with Crippen molar-refractivity contribution < 1.29 is 19.4 Å². The van der Waals surface area contributed by atoms with E-state index in [2.05, 4.69) is 44.7 Å². The number of fused-ring (bicyclic) bond motifs is 1. The Morgan fingerprint density at radius 1 is 1.20 bits per heavy atom. The number of nitrogens with zero attached hydrogens (tertiary/aromatic N) is 5. The molecule has 5 heterocycles. The molecule has 3 aliphatic heterocycles. The number of carbonyl (C=O) groups excluding carboxylic acids is 2. The van der Waals surface area contributed by atoms with Crippen molar-refractivity contribution in [2.45, 2.75) is 63.1 Å². The van der Waals surface area contributed by atoms with Crippen LogP contribution in [0.2, 0.25) is 0 Å². The molecule has 3 amide bonds. The molecule has 0 saturated carbocycles. The predicted molar refractivity (Wildman–Crippen MR) is 153 cm³/mol. The minimum atomic E-state index is -1.02. The number of aliphatic hydroxyl groups excluding tert-OH is 1. The zero-order valence-electron chi connectivity index (χ0n) is 23.8. The highest BCUT2D eigenvalue weighted by Gasteiger charge is 2.46. The monoisotopic (exact) mass is 561 g/mol. The van der Waals surface area contributed by atoms with E-state index in [4.69, 9.17) is 4.74 Å². The quantitative estimate of drug-likeness (QED) is 0.386. The standard InChI is InChI=1S/C30H39N7O4/c1-20-14-24(41-18-21(2)22-6-4-3-5-7-22)16-37-28(20)32-27(34-37)25(38)17-36-19-30(33-29(36)40)9-12-35(13-10-30)23-8-11-31-26(39)15-23/h3-7,14,16,21,23,25,38H,8-13,15,17-19H2,1-2H3,(H,31,39)(H,33,40)/t21-,23?,25?/m0/s1. The molecule has 3 atom stereocenters. The van der Waals surface area contributed by atoms with Gasteiger partial charge in [0.1, 0.15) is 11.9 Å². The van der Waals surface area contributed by atoms with Crippen LogP contribution in [0.15, 0.2) is 42.6 Å². The Bertz CT molecular complexity index is 1400. The molecule has 1 spiro atoms.